The molecule has 1 aromatic heterocycles. The number of hydrogen-bond donors (Lipinski definition) is 2. The molecule has 1 aliphatic rings. The van der Waals surface area contributed by atoms with Crippen molar-refractivity contribution >= 4 is 17.5 Å². The third-order valence-corrected chi connectivity index (χ3v) is 4.68. The summed E-state index contributed by atoms with van der Waals surface area (Å²) in [7, 11) is 0. The minimum atomic E-state index is 0.0811. The Bertz CT molecular complexity index is 651. The smallest absolute Gasteiger partial charge is 0.228 e. The van der Waals surface area contributed by atoms with Crippen molar-refractivity contribution in [1.82, 2.24) is 10.2 Å². The summed E-state index contributed by atoms with van der Waals surface area (Å²) in [4.78, 5) is 12.2. The van der Waals surface area contributed by atoms with Gasteiger partial charge in [-0.15, -0.1) is 10.2 Å². The minimum Gasteiger partial charge on any atom is -0.369 e. The number of nitrogens with zero attached hydrogens (tertiary/aromatic N) is 2. The lowest BCUT2D eigenvalue weighted by molar-refractivity contribution is -0.120. The van der Waals surface area contributed by atoms with Crippen molar-refractivity contribution in [2.45, 2.75) is 44.9 Å². The first-order chi connectivity index (χ1) is 12.3. The van der Waals surface area contributed by atoms with Gasteiger partial charge in [0.15, 0.2) is 5.82 Å². The Morgan fingerprint density at radius 3 is 2.40 bits per heavy atom. The first kappa shape index (κ1) is 17.4. The molecule has 0 bridgehead atoms. The summed E-state index contributed by atoms with van der Waals surface area (Å²) in [5.41, 5.74) is 1.34. The second-order valence-electron chi connectivity index (χ2n) is 6.64. The van der Waals surface area contributed by atoms with Crippen LogP contribution in [0.1, 0.15) is 44.1 Å². The highest BCUT2D eigenvalue weighted by atomic mass is 16.1. The van der Waals surface area contributed by atoms with Gasteiger partial charge < -0.3 is 10.6 Å². The van der Waals surface area contributed by atoms with Crippen molar-refractivity contribution in [3.8, 4) is 0 Å². The first-order valence-electron chi connectivity index (χ1n) is 9.23. The molecular weight excluding hydrogens is 312 g/mol. The van der Waals surface area contributed by atoms with Gasteiger partial charge in [0.2, 0.25) is 5.91 Å². The van der Waals surface area contributed by atoms with Crippen molar-refractivity contribution in [3.05, 3.63) is 48.0 Å². The molecule has 1 aliphatic carbocycles. The molecular formula is C20H26N4O. The Labute approximate surface area is 149 Å². The number of amides is 1. The van der Waals surface area contributed by atoms with Gasteiger partial charge in [-0.2, -0.15) is 0 Å². The van der Waals surface area contributed by atoms with Gasteiger partial charge in [0, 0.05) is 12.5 Å². The molecule has 0 atom stereocenters. The molecule has 2 aromatic rings. The van der Waals surface area contributed by atoms with E-state index in [2.05, 4.69) is 45.1 Å². The summed E-state index contributed by atoms with van der Waals surface area (Å²) < 4.78 is 0. The zero-order valence-corrected chi connectivity index (χ0v) is 14.6. The van der Waals surface area contributed by atoms with Gasteiger partial charge in [-0.05, 0) is 43.4 Å². The van der Waals surface area contributed by atoms with E-state index < -0.39 is 0 Å². The molecule has 0 unspecified atom stereocenters. The quantitative estimate of drug-likeness (QED) is 0.748. The molecule has 1 amide bonds. The average molecular weight is 338 g/mol. The van der Waals surface area contributed by atoms with Crippen molar-refractivity contribution in [2.75, 3.05) is 17.2 Å². The zero-order chi connectivity index (χ0) is 17.3. The van der Waals surface area contributed by atoms with Crippen LogP contribution in [0.5, 0.6) is 0 Å². The fourth-order valence-electron chi connectivity index (χ4n) is 3.24. The predicted octanol–water partition coefficient (Wildman–Crippen LogP) is 4.04. The van der Waals surface area contributed by atoms with E-state index in [0.29, 0.717) is 5.82 Å². The van der Waals surface area contributed by atoms with Crippen LogP contribution in [-0.4, -0.2) is 22.6 Å². The number of benzene rings is 1. The molecule has 1 aromatic carbocycles. The number of nitrogens with one attached hydrogen (secondary N) is 2. The maximum Gasteiger partial charge on any atom is 0.228 e. The molecule has 25 heavy (non-hydrogen) atoms. The topological polar surface area (TPSA) is 66.9 Å². The Morgan fingerprint density at radius 1 is 0.960 bits per heavy atom. The van der Waals surface area contributed by atoms with Gasteiger partial charge in [0.25, 0.3) is 0 Å². The summed E-state index contributed by atoms with van der Waals surface area (Å²) in [5.74, 6) is 1.48. The molecule has 2 N–H and O–H groups in total. The molecule has 3 rings (SSSR count). The van der Waals surface area contributed by atoms with E-state index in [1.54, 1.807) is 0 Å². The second-order valence-corrected chi connectivity index (χ2v) is 6.64. The number of anilines is 2. The largest absolute Gasteiger partial charge is 0.369 e. The standard InChI is InChI=1S/C20H26N4O/c25-20(17-11-5-2-6-12-17)22-19-14-13-18(23-24-19)21-15-7-10-16-8-3-1-4-9-16/h1,3-4,8-9,13-14,17H,2,5-7,10-12,15H2,(H,21,23)(H,22,24,25). The van der Waals surface area contributed by atoms with E-state index in [1.165, 1.54) is 12.0 Å². The Balaban J connectivity index is 1.40. The second kappa shape index (κ2) is 9.16. The summed E-state index contributed by atoms with van der Waals surface area (Å²) >= 11 is 0. The average Bonchev–Trinajstić information content (AvgIpc) is 2.68. The number of carbonyl (C=O) groups excluding carboxylic acids is 1. The maximum absolute atomic E-state index is 12.2. The SMILES string of the molecule is O=C(Nc1ccc(NCCCc2ccccc2)nn1)C1CCCCC1. The van der Waals surface area contributed by atoms with Crippen molar-refractivity contribution in [2.24, 2.45) is 5.92 Å². The lowest BCUT2D eigenvalue weighted by Gasteiger charge is -2.20. The predicted molar refractivity (Wildman–Crippen MR) is 100 cm³/mol. The zero-order valence-electron chi connectivity index (χ0n) is 14.6. The van der Waals surface area contributed by atoms with Crippen LogP contribution < -0.4 is 10.6 Å². The van der Waals surface area contributed by atoms with Gasteiger partial charge in [0.05, 0.1) is 0 Å². The van der Waals surface area contributed by atoms with Crippen LogP contribution in [0, 0.1) is 5.92 Å². The molecule has 1 heterocycles. The Morgan fingerprint density at radius 2 is 1.68 bits per heavy atom. The monoisotopic (exact) mass is 338 g/mol. The van der Waals surface area contributed by atoms with E-state index in [4.69, 9.17) is 0 Å². The molecule has 132 valence electrons. The number of carbonyl (C=O) groups is 1. The van der Waals surface area contributed by atoms with Crippen LogP contribution in [0.15, 0.2) is 42.5 Å². The molecule has 0 spiro atoms. The summed E-state index contributed by atoms with van der Waals surface area (Å²) in [6.45, 7) is 0.845. The fraction of sp³-hybridized carbons (Fsp3) is 0.450. The van der Waals surface area contributed by atoms with Crippen LogP contribution in [0.4, 0.5) is 11.6 Å². The fourth-order valence-corrected chi connectivity index (χ4v) is 3.24. The van der Waals surface area contributed by atoms with Gasteiger partial charge in [-0.1, -0.05) is 49.6 Å². The number of aryl methyl sites for hydroxylation is 1. The number of hydrogen-bond acceptors (Lipinski definition) is 4. The molecule has 0 aliphatic heterocycles. The van der Waals surface area contributed by atoms with E-state index in [-0.39, 0.29) is 11.8 Å². The molecule has 5 heteroatoms. The first-order valence-corrected chi connectivity index (χ1v) is 9.23. The molecule has 1 saturated carbocycles. The number of rotatable bonds is 7. The molecule has 1 fully saturated rings. The van der Waals surface area contributed by atoms with Crippen LogP contribution in [0.3, 0.4) is 0 Å². The Hall–Kier alpha value is -2.43. The van der Waals surface area contributed by atoms with E-state index in [9.17, 15) is 4.79 Å². The molecule has 5 nitrogen and oxygen atoms in total. The van der Waals surface area contributed by atoms with Crippen molar-refractivity contribution < 1.29 is 4.79 Å². The van der Waals surface area contributed by atoms with Crippen LogP contribution in [0.2, 0.25) is 0 Å². The van der Waals surface area contributed by atoms with Gasteiger partial charge in [-0.3, -0.25) is 4.79 Å². The van der Waals surface area contributed by atoms with E-state index in [0.717, 1.165) is 50.9 Å². The van der Waals surface area contributed by atoms with Crippen LogP contribution >= 0.6 is 0 Å². The summed E-state index contributed by atoms with van der Waals surface area (Å²) in [6, 6.07) is 14.1. The van der Waals surface area contributed by atoms with Crippen LogP contribution in [-0.2, 0) is 11.2 Å². The van der Waals surface area contributed by atoms with Gasteiger partial charge in [0.1, 0.15) is 5.82 Å². The summed E-state index contributed by atoms with van der Waals surface area (Å²) in [5, 5.41) is 14.4. The minimum absolute atomic E-state index is 0.0811. The molecule has 0 radical (unpaired) electrons. The van der Waals surface area contributed by atoms with E-state index >= 15 is 0 Å². The van der Waals surface area contributed by atoms with Crippen molar-refractivity contribution in [3.63, 3.8) is 0 Å². The maximum atomic E-state index is 12.2. The van der Waals surface area contributed by atoms with Crippen molar-refractivity contribution in [1.29, 1.82) is 0 Å². The third kappa shape index (κ3) is 5.55. The lowest BCUT2D eigenvalue weighted by Crippen LogP contribution is -2.25. The number of aromatic nitrogens is 2. The highest BCUT2D eigenvalue weighted by Gasteiger charge is 2.21. The van der Waals surface area contributed by atoms with Gasteiger partial charge in [-0.25, -0.2) is 0 Å². The third-order valence-electron chi connectivity index (χ3n) is 4.68. The lowest BCUT2D eigenvalue weighted by atomic mass is 9.89. The molecule has 0 saturated heterocycles. The normalized spacial score (nSPS) is 14.9. The van der Waals surface area contributed by atoms with Crippen LogP contribution in [0.25, 0.3) is 0 Å². The summed E-state index contributed by atoms with van der Waals surface area (Å²) in [6.07, 6.45) is 7.59. The highest BCUT2D eigenvalue weighted by molar-refractivity contribution is 5.91. The van der Waals surface area contributed by atoms with Gasteiger partial charge >= 0.3 is 0 Å². The highest BCUT2D eigenvalue weighted by Crippen LogP contribution is 2.24. The Kier molecular flexibility index (Phi) is 6.37. The van der Waals surface area contributed by atoms with E-state index in [1.807, 2.05) is 18.2 Å².